The summed E-state index contributed by atoms with van der Waals surface area (Å²) in [5.74, 6) is 3.71. The number of nitrogens with one attached hydrogen (secondary N) is 1. The average molecular weight is 461 g/mol. The summed E-state index contributed by atoms with van der Waals surface area (Å²) in [5, 5.41) is 26.1. The molecule has 33 heavy (non-hydrogen) atoms. The molecule has 3 N–H and O–H groups in total. The van der Waals surface area contributed by atoms with Gasteiger partial charge in [-0.2, -0.15) is 0 Å². The van der Waals surface area contributed by atoms with E-state index in [1.54, 1.807) is 0 Å². The highest BCUT2D eigenvalue weighted by molar-refractivity contribution is 5.13. The number of fused-ring (bicyclic) bond motifs is 5. The molecule has 4 saturated carbocycles. The van der Waals surface area contributed by atoms with Gasteiger partial charge in [-0.15, -0.1) is 0 Å². The van der Waals surface area contributed by atoms with Crippen LogP contribution in [-0.2, 0) is 6.42 Å². The molecule has 1 aromatic rings. The third kappa shape index (κ3) is 3.65. The van der Waals surface area contributed by atoms with Crippen molar-refractivity contribution in [3.8, 4) is 0 Å². The Morgan fingerprint density at radius 2 is 1.82 bits per heavy atom. The standard InChI is InChI=1S/C27H44N2O4/c1-5-17-21-14-16(30)10-12-27(21,4)20-11-13-26(3)18(7-8-19(26)23(20)24(17)31)15(2)6-9-22-28-25(32)33-29-22/h15-21,23-24,30-31H,5-14H2,1-4H3,(H,28,29,32)/t15?,16-,17-,18?,19?,20?,21+,23?,24-,26-,27-/m1/s1. The highest BCUT2D eigenvalue weighted by Crippen LogP contribution is 2.69. The minimum absolute atomic E-state index is 0.189. The van der Waals surface area contributed by atoms with E-state index < -0.39 is 5.76 Å². The summed E-state index contributed by atoms with van der Waals surface area (Å²) in [7, 11) is 0. The van der Waals surface area contributed by atoms with Crippen LogP contribution < -0.4 is 5.76 Å². The van der Waals surface area contributed by atoms with E-state index in [4.69, 9.17) is 0 Å². The van der Waals surface area contributed by atoms with Gasteiger partial charge >= 0.3 is 5.76 Å². The van der Waals surface area contributed by atoms with Crippen molar-refractivity contribution < 1.29 is 14.7 Å². The zero-order valence-corrected chi connectivity index (χ0v) is 20.9. The number of hydrogen-bond donors (Lipinski definition) is 3. The third-order valence-electron chi connectivity index (χ3n) is 11.5. The third-order valence-corrected chi connectivity index (χ3v) is 11.5. The number of hydrogen-bond acceptors (Lipinski definition) is 5. The average Bonchev–Trinajstić information content (AvgIpc) is 3.36. The summed E-state index contributed by atoms with van der Waals surface area (Å²) in [6, 6.07) is 0. The molecule has 1 heterocycles. The van der Waals surface area contributed by atoms with E-state index in [0.717, 1.165) is 38.5 Å². The normalized spacial score (nSPS) is 48.1. The monoisotopic (exact) mass is 460 g/mol. The first-order valence-corrected chi connectivity index (χ1v) is 13.6. The minimum atomic E-state index is -0.470. The molecule has 0 aliphatic heterocycles. The fourth-order valence-corrected chi connectivity index (χ4v) is 9.87. The quantitative estimate of drug-likeness (QED) is 0.598. The predicted octanol–water partition coefficient (Wildman–Crippen LogP) is 4.56. The Balaban J connectivity index is 1.37. The van der Waals surface area contributed by atoms with E-state index in [0.29, 0.717) is 47.2 Å². The van der Waals surface area contributed by atoms with Crippen molar-refractivity contribution in [2.75, 3.05) is 0 Å². The Kier molecular flexibility index (Phi) is 6.09. The van der Waals surface area contributed by atoms with Crippen molar-refractivity contribution >= 4 is 0 Å². The SMILES string of the molecule is CC[C@H]1[C@@H](O)C2C3CCC(C(C)CCc4noc(=O)[nH]4)[C@@]3(C)CCC2[C@@]2(C)CC[C@@H](O)C[C@@H]12. The van der Waals surface area contributed by atoms with Crippen LogP contribution in [0.4, 0.5) is 0 Å². The molecule has 0 spiro atoms. The lowest BCUT2D eigenvalue weighted by molar-refractivity contribution is -0.203. The molecule has 1 aromatic heterocycles. The number of aromatic nitrogens is 2. The van der Waals surface area contributed by atoms with E-state index in [1.807, 2.05) is 0 Å². The molecule has 0 amide bonds. The molecule has 5 rings (SSSR count). The van der Waals surface area contributed by atoms with Crippen molar-refractivity contribution in [2.24, 2.45) is 52.3 Å². The maximum atomic E-state index is 11.8. The van der Waals surface area contributed by atoms with Gasteiger partial charge in [0.25, 0.3) is 0 Å². The molecule has 11 atom stereocenters. The Bertz CT molecular complexity index is 897. The van der Waals surface area contributed by atoms with Crippen molar-refractivity contribution in [1.29, 1.82) is 0 Å². The molecule has 0 saturated heterocycles. The number of H-pyrrole nitrogens is 1. The van der Waals surface area contributed by atoms with Gasteiger partial charge in [0, 0.05) is 6.42 Å². The van der Waals surface area contributed by atoms with Gasteiger partial charge in [0.1, 0.15) is 0 Å². The Morgan fingerprint density at radius 3 is 2.52 bits per heavy atom. The van der Waals surface area contributed by atoms with Crippen LogP contribution in [0.2, 0.25) is 0 Å². The maximum Gasteiger partial charge on any atom is 0.438 e. The summed E-state index contributed by atoms with van der Waals surface area (Å²) in [4.78, 5) is 14.0. The van der Waals surface area contributed by atoms with Crippen LogP contribution in [0.1, 0.15) is 91.3 Å². The van der Waals surface area contributed by atoms with E-state index in [9.17, 15) is 15.0 Å². The molecule has 5 unspecified atom stereocenters. The highest BCUT2D eigenvalue weighted by atomic mass is 16.5. The van der Waals surface area contributed by atoms with Crippen LogP contribution in [0.5, 0.6) is 0 Å². The van der Waals surface area contributed by atoms with Gasteiger partial charge in [0.15, 0.2) is 5.82 Å². The van der Waals surface area contributed by atoms with Crippen molar-refractivity contribution in [2.45, 2.75) is 104 Å². The van der Waals surface area contributed by atoms with Gasteiger partial charge in [0.2, 0.25) is 0 Å². The molecule has 186 valence electrons. The number of rotatable bonds is 5. The van der Waals surface area contributed by atoms with Crippen LogP contribution in [0, 0.1) is 52.3 Å². The van der Waals surface area contributed by atoms with E-state index >= 15 is 0 Å². The van der Waals surface area contributed by atoms with Crippen molar-refractivity contribution in [3.05, 3.63) is 16.4 Å². The molecular weight excluding hydrogens is 416 g/mol. The lowest BCUT2D eigenvalue weighted by Gasteiger charge is -2.64. The zero-order valence-electron chi connectivity index (χ0n) is 20.9. The minimum Gasteiger partial charge on any atom is -0.393 e. The first-order valence-electron chi connectivity index (χ1n) is 13.6. The van der Waals surface area contributed by atoms with Crippen LogP contribution in [0.3, 0.4) is 0 Å². The molecule has 4 aliphatic carbocycles. The highest BCUT2D eigenvalue weighted by Gasteiger charge is 2.64. The molecule has 4 fully saturated rings. The Hall–Kier alpha value is -1.14. The molecule has 6 heteroatoms. The van der Waals surface area contributed by atoms with E-state index in [-0.39, 0.29) is 23.0 Å². The van der Waals surface area contributed by atoms with Gasteiger partial charge < -0.3 is 10.2 Å². The summed E-state index contributed by atoms with van der Waals surface area (Å²) in [6.07, 6.45) is 10.2. The second kappa shape index (κ2) is 8.51. The zero-order chi connectivity index (χ0) is 23.5. The van der Waals surface area contributed by atoms with Crippen LogP contribution in [0.15, 0.2) is 9.32 Å². The maximum absolute atomic E-state index is 11.8. The number of nitrogens with zero attached hydrogens (tertiary/aromatic N) is 1. The summed E-state index contributed by atoms with van der Waals surface area (Å²) >= 11 is 0. The van der Waals surface area contributed by atoms with Crippen LogP contribution >= 0.6 is 0 Å². The van der Waals surface area contributed by atoms with E-state index in [2.05, 4.69) is 42.4 Å². The smallest absolute Gasteiger partial charge is 0.393 e. The summed E-state index contributed by atoms with van der Waals surface area (Å²) in [6.45, 7) is 9.64. The van der Waals surface area contributed by atoms with Gasteiger partial charge in [-0.05, 0) is 104 Å². The van der Waals surface area contributed by atoms with Gasteiger partial charge in [-0.1, -0.05) is 39.3 Å². The molecule has 0 aromatic carbocycles. The topological polar surface area (TPSA) is 99.4 Å². The second-order valence-electron chi connectivity index (χ2n) is 12.7. The predicted molar refractivity (Wildman–Crippen MR) is 126 cm³/mol. The number of aliphatic hydroxyl groups excluding tert-OH is 2. The number of aliphatic hydroxyl groups is 2. The summed E-state index contributed by atoms with van der Waals surface area (Å²) in [5.41, 5.74) is 0.530. The first-order chi connectivity index (χ1) is 15.7. The fraction of sp³-hybridized carbons (Fsp3) is 0.926. The summed E-state index contributed by atoms with van der Waals surface area (Å²) < 4.78 is 4.67. The molecule has 4 aliphatic rings. The molecular formula is C27H44N2O4. The van der Waals surface area contributed by atoms with Crippen molar-refractivity contribution in [1.82, 2.24) is 10.1 Å². The van der Waals surface area contributed by atoms with E-state index in [1.165, 1.54) is 25.7 Å². The number of aromatic amines is 1. The van der Waals surface area contributed by atoms with Gasteiger partial charge in [-0.3, -0.25) is 9.51 Å². The van der Waals surface area contributed by atoms with Gasteiger partial charge in [0.05, 0.1) is 12.2 Å². The second-order valence-corrected chi connectivity index (χ2v) is 12.7. The van der Waals surface area contributed by atoms with Crippen LogP contribution in [0.25, 0.3) is 0 Å². The lowest BCUT2D eigenvalue weighted by Crippen LogP contribution is -2.62. The van der Waals surface area contributed by atoms with Crippen LogP contribution in [-0.4, -0.2) is 32.6 Å². The van der Waals surface area contributed by atoms with Gasteiger partial charge in [-0.25, -0.2) is 4.79 Å². The number of aryl methyl sites for hydroxylation is 1. The first kappa shape index (κ1) is 23.6. The molecule has 6 nitrogen and oxygen atoms in total. The Labute approximate surface area is 197 Å². The Morgan fingerprint density at radius 1 is 1.09 bits per heavy atom. The fourth-order valence-electron chi connectivity index (χ4n) is 9.87. The lowest BCUT2D eigenvalue weighted by atomic mass is 9.41. The molecule has 0 bridgehead atoms. The molecule has 0 radical (unpaired) electrons. The van der Waals surface area contributed by atoms with Crippen molar-refractivity contribution in [3.63, 3.8) is 0 Å². The largest absolute Gasteiger partial charge is 0.438 e.